The van der Waals surface area contributed by atoms with Gasteiger partial charge in [0.05, 0.1) is 0 Å². The van der Waals surface area contributed by atoms with Gasteiger partial charge in [-0.25, -0.2) is 0 Å². The molecule has 0 aliphatic heterocycles. The fraction of sp³-hybridized carbons (Fsp3) is 0.147. The number of nitrogens with two attached hydrogens (primary N) is 1. The average Bonchev–Trinajstić information content (AvgIpc) is 2.94. The van der Waals surface area contributed by atoms with Crippen molar-refractivity contribution in [1.29, 1.82) is 0 Å². The van der Waals surface area contributed by atoms with Crippen LogP contribution in [0.15, 0.2) is 115 Å². The van der Waals surface area contributed by atoms with Gasteiger partial charge in [0.25, 0.3) is 5.91 Å². The number of hydrogen-bond donors (Lipinski definition) is 2. The van der Waals surface area contributed by atoms with E-state index >= 15 is 0 Å². The topological polar surface area (TPSA) is 64.4 Å². The lowest BCUT2D eigenvalue weighted by atomic mass is 9.93. The molecule has 0 aromatic heterocycles. The maximum atomic E-state index is 11.0. The molecule has 5 aromatic rings. The van der Waals surface area contributed by atoms with Crippen molar-refractivity contribution in [2.75, 3.05) is 18.5 Å². The van der Waals surface area contributed by atoms with Crippen molar-refractivity contribution in [3.05, 3.63) is 143 Å². The molecule has 1 amide bonds. The molecule has 4 nitrogen and oxygen atoms in total. The SMILES string of the molecule is NC(=O)COc1ccc2cc(NCCc3ccc(Cc4ccccc4)c(Cc4ccccc4)c3)ccc2c1. The number of hydrogen-bond acceptors (Lipinski definition) is 3. The van der Waals surface area contributed by atoms with Crippen LogP contribution in [0.2, 0.25) is 0 Å². The Hall–Kier alpha value is -4.57. The van der Waals surface area contributed by atoms with E-state index in [0.29, 0.717) is 5.75 Å². The summed E-state index contributed by atoms with van der Waals surface area (Å²) in [7, 11) is 0. The lowest BCUT2D eigenvalue weighted by molar-refractivity contribution is -0.119. The van der Waals surface area contributed by atoms with E-state index in [0.717, 1.165) is 42.3 Å². The Labute approximate surface area is 224 Å². The minimum Gasteiger partial charge on any atom is -0.484 e. The Morgan fingerprint density at radius 1 is 0.658 bits per heavy atom. The minimum atomic E-state index is -0.484. The zero-order valence-electron chi connectivity index (χ0n) is 21.4. The van der Waals surface area contributed by atoms with Crippen LogP contribution in [0, 0.1) is 0 Å². The molecule has 0 aliphatic carbocycles. The van der Waals surface area contributed by atoms with Gasteiger partial charge >= 0.3 is 0 Å². The molecule has 0 saturated heterocycles. The number of rotatable bonds is 11. The third kappa shape index (κ3) is 6.80. The van der Waals surface area contributed by atoms with Crippen LogP contribution >= 0.6 is 0 Å². The van der Waals surface area contributed by atoms with E-state index in [-0.39, 0.29) is 6.61 Å². The highest BCUT2D eigenvalue weighted by Crippen LogP contribution is 2.25. The van der Waals surface area contributed by atoms with Crippen molar-refractivity contribution in [3.63, 3.8) is 0 Å². The van der Waals surface area contributed by atoms with Crippen molar-refractivity contribution in [3.8, 4) is 5.75 Å². The van der Waals surface area contributed by atoms with E-state index in [1.807, 2.05) is 18.2 Å². The van der Waals surface area contributed by atoms with Gasteiger partial charge in [0, 0.05) is 12.2 Å². The largest absolute Gasteiger partial charge is 0.484 e. The molecular weight excluding hydrogens is 468 g/mol. The number of carbonyl (C=O) groups is 1. The summed E-state index contributed by atoms with van der Waals surface area (Å²) in [6.07, 6.45) is 2.80. The molecule has 0 spiro atoms. The highest BCUT2D eigenvalue weighted by molar-refractivity contribution is 5.87. The summed E-state index contributed by atoms with van der Waals surface area (Å²) in [4.78, 5) is 11.0. The van der Waals surface area contributed by atoms with Crippen molar-refractivity contribution in [1.82, 2.24) is 0 Å². The van der Waals surface area contributed by atoms with E-state index in [1.54, 1.807) is 0 Å². The fourth-order valence-electron chi connectivity index (χ4n) is 4.73. The molecular formula is C34H32N2O2. The molecule has 0 bridgehead atoms. The number of nitrogens with one attached hydrogen (secondary N) is 1. The molecule has 190 valence electrons. The second kappa shape index (κ2) is 12.1. The van der Waals surface area contributed by atoms with Crippen LogP contribution in [0.5, 0.6) is 5.75 Å². The van der Waals surface area contributed by atoms with Crippen LogP contribution in [0.1, 0.15) is 27.8 Å². The standard InChI is InChI=1S/C34H32N2O2/c35-34(37)24-38-33-16-14-29-22-32(15-13-30(29)23-33)36-18-17-27-11-12-28(19-25-7-3-1-4-8-25)31(21-27)20-26-9-5-2-6-10-26/h1-16,21-23,36H,17-20,24H2,(H2,35,37). The van der Waals surface area contributed by atoms with Crippen molar-refractivity contribution in [2.24, 2.45) is 5.73 Å². The monoisotopic (exact) mass is 500 g/mol. The van der Waals surface area contributed by atoms with Crippen LogP contribution in [-0.2, 0) is 24.1 Å². The third-order valence-electron chi connectivity index (χ3n) is 6.68. The van der Waals surface area contributed by atoms with E-state index < -0.39 is 5.91 Å². The van der Waals surface area contributed by atoms with Crippen LogP contribution in [0.3, 0.4) is 0 Å². The van der Waals surface area contributed by atoms with Crippen LogP contribution in [0.25, 0.3) is 10.8 Å². The van der Waals surface area contributed by atoms with Crippen LogP contribution in [-0.4, -0.2) is 19.1 Å². The molecule has 4 heteroatoms. The lowest BCUT2D eigenvalue weighted by Gasteiger charge is -2.14. The highest BCUT2D eigenvalue weighted by atomic mass is 16.5. The highest BCUT2D eigenvalue weighted by Gasteiger charge is 2.08. The lowest BCUT2D eigenvalue weighted by Crippen LogP contribution is -2.19. The summed E-state index contributed by atoms with van der Waals surface area (Å²) in [6, 6.07) is 40.4. The van der Waals surface area contributed by atoms with Crippen molar-refractivity contribution < 1.29 is 9.53 Å². The maximum Gasteiger partial charge on any atom is 0.255 e. The van der Waals surface area contributed by atoms with Gasteiger partial charge in [-0.3, -0.25) is 4.79 Å². The summed E-state index contributed by atoms with van der Waals surface area (Å²) in [6.45, 7) is 0.722. The van der Waals surface area contributed by atoms with Gasteiger partial charge in [0.1, 0.15) is 5.75 Å². The first-order chi connectivity index (χ1) is 18.6. The molecule has 3 N–H and O–H groups in total. The van der Waals surface area contributed by atoms with Gasteiger partial charge in [0.2, 0.25) is 0 Å². The smallest absolute Gasteiger partial charge is 0.255 e. The second-order valence-electron chi connectivity index (χ2n) is 9.58. The average molecular weight is 501 g/mol. The number of amides is 1. The molecule has 5 aromatic carbocycles. The summed E-state index contributed by atoms with van der Waals surface area (Å²) in [5, 5.41) is 5.73. The predicted octanol–water partition coefficient (Wildman–Crippen LogP) is 6.54. The molecule has 0 atom stereocenters. The molecule has 0 radical (unpaired) electrons. The van der Waals surface area contributed by atoms with Gasteiger partial charge < -0.3 is 15.8 Å². The summed E-state index contributed by atoms with van der Waals surface area (Å²) in [5.74, 6) is 0.154. The first-order valence-electron chi connectivity index (χ1n) is 13.0. The minimum absolute atomic E-state index is 0.120. The molecule has 38 heavy (non-hydrogen) atoms. The molecule has 0 fully saturated rings. The molecule has 0 unspecified atom stereocenters. The van der Waals surface area contributed by atoms with Gasteiger partial charge in [-0.05, 0) is 82.1 Å². The normalized spacial score (nSPS) is 10.8. The number of benzene rings is 5. The Bertz CT molecular complexity index is 1510. The maximum absolute atomic E-state index is 11.0. The number of carbonyl (C=O) groups excluding carboxylic acids is 1. The Morgan fingerprint density at radius 2 is 1.32 bits per heavy atom. The molecule has 0 heterocycles. The predicted molar refractivity (Wildman–Crippen MR) is 156 cm³/mol. The van der Waals surface area contributed by atoms with Crippen LogP contribution < -0.4 is 15.8 Å². The zero-order chi connectivity index (χ0) is 26.2. The summed E-state index contributed by atoms with van der Waals surface area (Å²) >= 11 is 0. The molecule has 0 saturated carbocycles. The van der Waals surface area contributed by atoms with Crippen molar-refractivity contribution in [2.45, 2.75) is 19.3 Å². The van der Waals surface area contributed by atoms with E-state index in [2.05, 4.69) is 102 Å². The van der Waals surface area contributed by atoms with Crippen molar-refractivity contribution >= 4 is 22.4 Å². The number of anilines is 1. The molecule has 0 aliphatic rings. The summed E-state index contributed by atoms with van der Waals surface area (Å²) in [5.41, 5.74) is 13.0. The Kier molecular flexibility index (Phi) is 8.00. The van der Waals surface area contributed by atoms with E-state index in [4.69, 9.17) is 10.5 Å². The van der Waals surface area contributed by atoms with Gasteiger partial charge in [-0.15, -0.1) is 0 Å². The number of ether oxygens (including phenoxy) is 1. The van der Waals surface area contributed by atoms with Gasteiger partial charge in [-0.2, -0.15) is 0 Å². The molecule has 5 rings (SSSR count). The van der Waals surface area contributed by atoms with Crippen LogP contribution in [0.4, 0.5) is 5.69 Å². The number of fused-ring (bicyclic) bond motifs is 1. The third-order valence-corrected chi connectivity index (χ3v) is 6.68. The Balaban J connectivity index is 1.26. The van der Waals surface area contributed by atoms with E-state index in [1.165, 1.54) is 27.8 Å². The zero-order valence-corrected chi connectivity index (χ0v) is 21.4. The van der Waals surface area contributed by atoms with Gasteiger partial charge in [-0.1, -0.05) is 91.0 Å². The number of primary amides is 1. The second-order valence-corrected chi connectivity index (χ2v) is 9.58. The summed E-state index contributed by atoms with van der Waals surface area (Å²) < 4.78 is 5.42. The first kappa shape index (κ1) is 25.1. The Morgan fingerprint density at radius 3 is 2.03 bits per heavy atom. The van der Waals surface area contributed by atoms with Gasteiger partial charge in [0.15, 0.2) is 6.61 Å². The quantitative estimate of drug-likeness (QED) is 0.216. The van der Waals surface area contributed by atoms with E-state index in [9.17, 15) is 4.79 Å². The first-order valence-corrected chi connectivity index (χ1v) is 13.0. The fourth-order valence-corrected chi connectivity index (χ4v) is 4.73.